The van der Waals surface area contributed by atoms with E-state index in [9.17, 15) is 26.4 Å². The second kappa shape index (κ2) is 12.1. The van der Waals surface area contributed by atoms with E-state index < -0.39 is 34.7 Å². The Morgan fingerprint density at radius 3 is 2.56 bits per heavy atom. The number of aromatic nitrogens is 3. The summed E-state index contributed by atoms with van der Waals surface area (Å²) in [5.74, 6) is -0.609. The number of anilines is 3. The van der Waals surface area contributed by atoms with Gasteiger partial charge in [-0.05, 0) is 55.2 Å². The molecule has 1 aromatic heterocycles. The minimum Gasteiger partial charge on any atom is -0.494 e. The first kappa shape index (κ1) is 27.9. The Balaban J connectivity index is 1.58. The van der Waals surface area contributed by atoms with Crippen LogP contribution in [0, 0.1) is 5.92 Å². The predicted octanol–water partition coefficient (Wildman–Crippen LogP) is 3.46. The fourth-order valence-electron chi connectivity index (χ4n) is 3.46. The quantitative estimate of drug-likeness (QED) is 0.462. The van der Waals surface area contributed by atoms with Gasteiger partial charge < -0.3 is 20.1 Å². The zero-order chi connectivity index (χ0) is 27.9. The van der Waals surface area contributed by atoms with Crippen LogP contribution in [0.15, 0.2) is 60.4 Å². The van der Waals surface area contributed by atoms with Crippen molar-refractivity contribution in [2.75, 3.05) is 36.1 Å². The molecule has 39 heavy (non-hydrogen) atoms. The summed E-state index contributed by atoms with van der Waals surface area (Å²) in [6.07, 6.45) is 5.24. The van der Waals surface area contributed by atoms with Crippen LogP contribution in [0.25, 0.3) is 0 Å². The molecule has 5 aliphatic rings. The molecule has 1 aliphatic carbocycles. The Morgan fingerprint density at radius 2 is 1.85 bits per heavy atom. The van der Waals surface area contributed by atoms with Crippen LogP contribution in [0.3, 0.4) is 0 Å². The number of hydrogen-bond acceptors (Lipinski definition) is 10. The molecule has 0 saturated carbocycles. The standard InChI is InChI=1S/C24H25F3N6O5S/c25-24(26,27)15-38-23-31-21-28-14-16-4-10-19(11-5-16)37-12-2-1-3-13-39(35,36)33-20(34)17-6-8-18(9-7-17)29-22(30-21)32-23/h1,3-4,6-11,16H,2,5,12-15H2,(H,33,34)(H2,28,29,30,31,32)/b3-1+. The molecule has 7 rings (SSSR count). The number of alkyl halides is 3. The van der Waals surface area contributed by atoms with Gasteiger partial charge in [0.05, 0.1) is 12.4 Å². The van der Waals surface area contributed by atoms with Crippen LogP contribution in [0.5, 0.6) is 6.01 Å². The number of nitrogens with one attached hydrogen (secondary N) is 3. The minimum absolute atomic E-state index is 0.00418. The number of rotatable bonds is 2. The van der Waals surface area contributed by atoms with Crippen molar-refractivity contribution in [3.05, 3.63) is 66.0 Å². The molecule has 1 aromatic carbocycles. The second-order valence-electron chi connectivity index (χ2n) is 8.53. The molecule has 0 radical (unpaired) electrons. The summed E-state index contributed by atoms with van der Waals surface area (Å²) in [5.41, 5.74) is 0.450. The third-order valence-electron chi connectivity index (χ3n) is 5.34. The lowest BCUT2D eigenvalue weighted by Gasteiger charge is -2.17. The molecule has 0 fully saturated rings. The minimum atomic E-state index is -4.59. The molecule has 11 nitrogen and oxygen atoms in total. The van der Waals surface area contributed by atoms with Crippen molar-refractivity contribution in [2.45, 2.75) is 19.0 Å². The van der Waals surface area contributed by atoms with E-state index in [1.165, 1.54) is 30.3 Å². The maximum absolute atomic E-state index is 12.7. The number of carbonyl (C=O) groups is 1. The molecule has 0 saturated heterocycles. The number of halogens is 3. The second-order valence-corrected chi connectivity index (χ2v) is 10.3. The SMILES string of the molecule is O=C1NS(=O)(=O)C/C=C/CCOC2=CCC(C=C2)CNc2nc(nc(OCC(F)(F)F)n2)Nc2ccc1cc2. The summed E-state index contributed by atoms with van der Waals surface area (Å²) in [5, 5.41) is 5.82. The molecular weight excluding hydrogens is 541 g/mol. The molecule has 0 spiro atoms. The number of carbonyl (C=O) groups excluding carboxylic acids is 1. The maximum Gasteiger partial charge on any atom is 0.422 e. The molecular formula is C24H25F3N6O5S. The van der Waals surface area contributed by atoms with Crippen molar-refractivity contribution < 1.29 is 35.9 Å². The van der Waals surface area contributed by atoms with Crippen LogP contribution < -0.4 is 20.1 Å². The Kier molecular flexibility index (Phi) is 8.69. The first-order valence-corrected chi connectivity index (χ1v) is 13.5. The number of benzene rings is 1. The normalized spacial score (nSPS) is 20.5. The van der Waals surface area contributed by atoms with Gasteiger partial charge in [-0.3, -0.25) is 4.79 Å². The van der Waals surface area contributed by atoms with Crippen molar-refractivity contribution in [2.24, 2.45) is 5.92 Å². The van der Waals surface area contributed by atoms with Gasteiger partial charge in [-0.2, -0.15) is 28.1 Å². The van der Waals surface area contributed by atoms with Gasteiger partial charge in [-0.1, -0.05) is 18.2 Å². The fourth-order valence-corrected chi connectivity index (χ4v) is 4.33. The molecule has 1 amide bonds. The highest BCUT2D eigenvalue weighted by Crippen LogP contribution is 2.22. The number of hydrogen-bond donors (Lipinski definition) is 3. The van der Waals surface area contributed by atoms with E-state index in [-0.39, 0.29) is 29.1 Å². The van der Waals surface area contributed by atoms with E-state index in [1.807, 2.05) is 16.9 Å². The number of allylic oxidation sites excluding steroid dienone is 2. The van der Waals surface area contributed by atoms with Crippen molar-refractivity contribution in [1.82, 2.24) is 19.7 Å². The van der Waals surface area contributed by atoms with Gasteiger partial charge in [-0.25, -0.2) is 13.1 Å². The summed E-state index contributed by atoms with van der Waals surface area (Å²) in [7, 11) is -3.91. The van der Waals surface area contributed by atoms with E-state index in [0.717, 1.165) is 0 Å². The van der Waals surface area contributed by atoms with Gasteiger partial charge in [0.15, 0.2) is 6.61 Å². The summed E-state index contributed by atoms with van der Waals surface area (Å²) in [6.45, 7) is -0.879. The van der Waals surface area contributed by atoms with Crippen molar-refractivity contribution >= 4 is 33.5 Å². The lowest BCUT2D eigenvalue weighted by atomic mass is 10.0. The van der Waals surface area contributed by atoms with Gasteiger partial charge in [0.1, 0.15) is 5.76 Å². The third-order valence-corrected chi connectivity index (χ3v) is 6.47. The van der Waals surface area contributed by atoms with E-state index in [4.69, 9.17) is 9.47 Å². The average molecular weight is 567 g/mol. The molecule has 15 heteroatoms. The summed E-state index contributed by atoms with van der Waals surface area (Å²) < 4.78 is 75.0. The van der Waals surface area contributed by atoms with Crippen LogP contribution in [-0.2, 0) is 14.8 Å². The van der Waals surface area contributed by atoms with E-state index in [0.29, 0.717) is 37.4 Å². The molecule has 1 atom stereocenters. The van der Waals surface area contributed by atoms with E-state index in [2.05, 4.69) is 25.6 Å². The van der Waals surface area contributed by atoms with Crippen molar-refractivity contribution in [3.63, 3.8) is 0 Å². The topological polar surface area (TPSA) is 144 Å². The monoisotopic (exact) mass is 566 g/mol. The molecule has 4 aliphatic heterocycles. The molecule has 1 unspecified atom stereocenters. The summed E-state index contributed by atoms with van der Waals surface area (Å²) in [4.78, 5) is 24.4. The molecule has 6 bridgehead atoms. The fraction of sp³-hybridized carbons (Fsp3) is 0.333. The highest BCUT2D eigenvalue weighted by Gasteiger charge is 2.29. The zero-order valence-corrected chi connectivity index (χ0v) is 21.3. The largest absolute Gasteiger partial charge is 0.494 e. The summed E-state index contributed by atoms with van der Waals surface area (Å²) in [6, 6.07) is 5.12. The number of sulfonamides is 1. The maximum atomic E-state index is 12.7. The van der Waals surface area contributed by atoms with Crippen LogP contribution in [-0.4, -0.2) is 61.0 Å². The number of amides is 1. The van der Waals surface area contributed by atoms with Gasteiger partial charge >= 0.3 is 12.2 Å². The molecule has 5 heterocycles. The Hall–Kier alpha value is -4.14. The molecule has 3 N–H and O–H groups in total. The predicted molar refractivity (Wildman–Crippen MR) is 136 cm³/mol. The smallest absolute Gasteiger partial charge is 0.422 e. The van der Waals surface area contributed by atoms with Crippen LogP contribution in [0.1, 0.15) is 23.2 Å². The van der Waals surface area contributed by atoms with Crippen LogP contribution >= 0.6 is 0 Å². The Bertz CT molecular complexity index is 1380. The van der Waals surface area contributed by atoms with Crippen molar-refractivity contribution in [3.8, 4) is 6.01 Å². The molecule has 2 aromatic rings. The van der Waals surface area contributed by atoms with Gasteiger partial charge in [0.2, 0.25) is 21.9 Å². The summed E-state index contributed by atoms with van der Waals surface area (Å²) >= 11 is 0. The zero-order valence-electron chi connectivity index (χ0n) is 20.4. The lowest BCUT2D eigenvalue weighted by molar-refractivity contribution is -0.154. The highest BCUT2D eigenvalue weighted by atomic mass is 32.2. The number of ether oxygens (including phenoxy) is 2. The first-order valence-electron chi connectivity index (χ1n) is 11.8. The number of nitrogens with zero attached hydrogens (tertiary/aromatic N) is 3. The van der Waals surface area contributed by atoms with Crippen LogP contribution in [0.4, 0.5) is 30.8 Å². The average Bonchev–Trinajstić information content (AvgIpc) is 2.88. The van der Waals surface area contributed by atoms with E-state index >= 15 is 0 Å². The highest BCUT2D eigenvalue weighted by molar-refractivity contribution is 7.90. The lowest BCUT2D eigenvalue weighted by Crippen LogP contribution is -2.32. The Morgan fingerprint density at radius 1 is 1.08 bits per heavy atom. The van der Waals surface area contributed by atoms with Gasteiger partial charge in [0.25, 0.3) is 5.91 Å². The Labute approximate surface area is 222 Å². The molecule has 208 valence electrons. The van der Waals surface area contributed by atoms with Gasteiger partial charge in [-0.15, -0.1) is 0 Å². The first-order chi connectivity index (χ1) is 18.5. The van der Waals surface area contributed by atoms with Gasteiger partial charge in [0, 0.05) is 17.8 Å². The third kappa shape index (κ3) is 8.98. The van der Waals surface area contributed by atoms with E-state index in [1.54, 1.807) is 12.2 Å². The van der Waals surface area contributed by atoms with Crippen LogP contribution in [0.2, 0.25) is 0 Å². The van der Waals surface area contributed by atoms with Crippen molar-refractivity contribution in [1.29, 1.82) is 0 Å².